The highest BCUT2D eigenvalue weighted by molar-refractivity contribution is 6.15. The van der Waals surface area contributed by atoms with E-state index in [1.54, 1.807) is 6.07 Å². The van der Waals surface area contributed by atoms with E-state index < -0.39 is 71.4 Å². The van der Waals surface area contributed by atoms with Crippen molar-refractivity contribution in [1.29, 1.82) is 0 Å². The van der Waals surface area contributed by atoms with E-state index in [-0.39, 0.29) is 42.5 Å². The second kappa shape index (κ2) is 8.96. The molecule has 3 aliphatic carbocycles. The predicted octanol–water partition coefficient (Wildman–Crippen LogP) is 0.663. The Labute approximate surface area is 199 Å². The van der Waals surface area contributed by atoms with Gasteiger partial charge in [-0.05, 0) is 42.7 Å². The van der Waals surface area contributed by atoms with E-state index in [1.807, 2.05) is 6.92 Å². The SMILES string of the molecule is CCc1cc(CNCC(F)F)c(O)c2c1C[C@H]1C[C@H]3CC(O)C(C(N)=O)C(=O)[C@@]3(O)C(O)=C1C2=O. The number of benzene rings is 1. The van der Waals surface area contributed by atoms with Crippen LogP contribution >= 0.6 is 0 Å². The highest BCUT2D eigenvalue weighted by Crippen LogP contribution is 2.52. The monoisotopic (exact) mass is 494 g/mol. The number of carbonyl (C=O) groups is 3. The third kappa shape index (κ3) is 3.82. The Morgan fingerprint density at radius 2 is 1.94 bits per heavy atom. The van der Waals surface area contributed by atoms with Gasteiger partial charge in [0.25, 0.3) is 6.43 Å². The number of nitrogens with one attached hydrogen (secondary N) is 1. The number of fused-ring (bicyclic) bond motifs is 3. The molecule has 7 N–H and O–H groups in total. The lowest BCUT2D eigenvalue weighted by atomic mass is 9.57. The van der Waals surface area contributed by atoms with E-state index in [0.717, 1.165) is 5.56 Å². The first kappa shape index (κ1) is 25.2. The highest BCUT2D eigenvalue weighted by Gasteiger charge is 2.62. The van der Waals surface area contributed by atoms with E-state index in [9.17, 15) is 43.6 Å². The number of amides is 1. The summed E-state index contributed by atoms with van der Waals surface area (Å²) in [4.78, 5) is 38.4. The summed E-state index contributed by atoms with van der Waals surface area (Å²) < 4.78 is 25.1. The molecule has 11 heteroatoms. The number of hydrogen-bond donors (Lipinski definition) is 6. The topological polar surface area (TPSA) is 170 Å². The quantitative estimate of drug-likeness (QED) is 0.313. The number of nitrogens with two attached hydrogens (primary N) is 1. The lowest BCUT2D eigenvalue weighted by molar-refractivity contribution is -0.167. The number of alkyl halides is 2. The second-order valence-electron chi connectivity index (χ2n) is 9.51. The number of allylic oxidation sites excluding steroid dienone is 1. The van der Waals surface area contributed by atoms with E-state index in [0.29, 0.717) is 12.0 Å². The molecular weight excluding hydrogens is 466 g/mol. The summed E-state index contributed by atoms with van der Waals surface area (Å²) in [5.74, 6) is -7.70. The molecule has 35 heavy (non-hydrogen) atoms. The van der Waals surface area contributed by atoms with Crippen LogP contribution in [0.4, 0.5) is 8.78 Å². The molecule has 4 rings (SSSR count). The van der Waals surface area contributed by atoms with E-state index in [1.165, 1.54) is 0 Å². The van der Waals surface area contributed by atoms with Gasteiger partial charge >= 0.3 is 0 Å². The zero-order valence-electron chi connectivity index (χ0n) is 19.1. The molecule has 0 spiro atoms. The van der Waals surface area contributed by atoms with Crippen LogP contribution in [0.15, 0.2) is 17.4 Å². The van der Waals surface area contributed by atoms with Gasteiger partial charge in [-0.3, -0.25) is 14.4 Å². The number of aliphatic hydroxyl groups is 3. The molecule has 5 atom stereocenters. The average Bonchev–Trinajstić information content (AvgIpc) is 2.77. The number of aryl methyl sites for hydroxylation is 1. The van der Waals surface area contributed by atoms with Crippen molar-refractivity contribution < 1.29 is 43.6 Å². The molecule has 3 aliphatic rings. The number of ketones is 2. The van der Waals surface area contributed by atoms with Gasteiger partial charge < -0.3 is 31.5 Å². The van der Waals surface area contributed by atoms with Crippen LogP contribution in [0.25, 0.3) is 0 Å². The molecule has 0 saturated heterocycles. The summed E-state index contributed by atoms with van der Waals surface area (Å²) in [6.07, 6.45) is -3.41. The van der Waals surface area contributed by atoms with E-state index in [4.69, 9.17) is 5.73 Å². The minimum atomic E-state index is -2.60. The van der Waals surface area contributed by atoms with Crippen LogP contribution in [0, 0.1) is 17.8 Å². The highest BCUT2D eigenvalue weighted by atomic mass is 19.3. The number of phenolic OH excluding ortho intramolecular Hbond substituents is 1. The Morgan fingerprint density at radius 1 is 1.26 bits per heavy atom. The van der Waals surface area contributed by atoms with Crippen molar-refractivity contribution in [3.63, 3.8) is 0 Å². The van der Waals surface area contributed by atoms with E-state index in [2.05, 4.69) is 5.32 Å². The fraction of sp³-hybridized carbons (Fsp3) is 0.542. The van der Waals surface area contributed by atoms with Crippen LogP contribution in [0.1, 0.15) is 46.8 Å². The lowest BCUT2D eigenvalue weighted by Gasteiger charge is -2.48. The summed E-state index contributed by atoms with van der Waals surface area (Å²) in [5.41, 5.74) is 3.84. The number of phenols is 1. The summed E-state index contributed by atoms with van der Waals surface area (Å²) in [5, 5.41) is 46.1. The van der Waals surface area contributed by atoms with Gasteiger partial charge in [0.2, 0.25) is 5.91 Å². The summed E-state index contributed by atoms with van der Waals surface area (Å²) in [6.45, 7) is 1.11. The number of halogens is 2. The molecule has 1 amide bonds. The molecule has 0 radical (unpaired) electrons. The van der Waals surface area contributed by atoms with Crippen LogP contribution < -0.4 is 11.1 Å². The normalized spacial score (nSPS) is 30.2. The fourth-order valence-corrected chi connectivity index (χ4v) is 5.90. The molecule has 0 aromatic heterocycles. The van der Waals surface area contributed by atoms with Gasteiger partial charge in [0.05, 0.1) is 18.2 Å². The minimum absolute atomic E-state index is 0.0803. The number of aliphatic hydroxyl groups excluding tert-OH is 2. The summed E-state index contributed by atoms with van der Waals surface area (Å²) in [7, 11) is 0. The molecule has 0 bridgehead atoms. The molecule has 0 aliphatic heterocycles. The van der Waals surface area contributed by atoms with Crippen molar-refractivity contribution in [3.05, 3.63) is 39.7 Å². The first-order chi connectivity index (χ1) is 16.4. The van der Waals surface area contributed by atoms with Gasteiger partial charge in [-0.25, -0.2) is 8.78 Å². The van der Waals surface area contributed by atoms with Crippen molar-refractivity contribution in [2.45, 2.75) is 57.3 Å². The fourth-order valence-electron chi connectivity index (χ4n) is 5.90. The van der Waals surface area contributed by atoms with Crippen molar-refractivity contribution in [2.75, 3.05) is 6.54 Å². The number of primary amides is 1. The molecule has 1 saturated carbocycles. The Bertz CT molecular complexity index is 1140. The van der Waals surface area contributed by atoms with Gasteiger partial charge in [-0.15, -0.1) is 0 Å². The summed E-state index contributed by atoms with van der Waals surface area (Å²) in [6, 6.07) is 1.65. The first-order valence-electron chi connectivity index (χ1n) is 11.5. The standard InChI is InChI=1S/C24H28F2N2O7/c1-2-9-3-11(7-28-8-15(25)26)19(30)17-13(9)5-10-4-12-6-14(29)18(23(27)34)22(33)24(12,35)21(32)16(10)20(17)31/h3,10,12,14-15,18,28-30,32,35H,2,4-8H2,1H3,(H2,27,34)/t10-,12+,14?,18?,24+/m1/s1. The Hall–Kier alpha value is -2.89. The number of rotatable bonds is 6. The van der Waals surface area contributed by atoms with Crippen molar-refractivity contribution >= 4 is 17.5 Å². The van der Waals surface area contributed by atoms with Gasteiger partial charge in [0.15, 0.2) is 17.2 Å². The van der Waals surface area contributed by atoms with Crippen LogP contribution in [0.5, 0.6) is 5.75 Å². The number of aromatic hydroxyl groups is 1. The van der Waals surface area contributed by atoms with Crippen LogP contribution in [0.3, 0.4) is 0 Å². The van der Waals surface area contributed by atoms with Crippen LogP contribution in [-0.4, -0.2) is 62.6 Å². The molecule has 1 aromatic carbocycles. The molecular formula is C24H28F2N2O7. The third-order valence-corrected chi connectivity index (χ3v) is 7.56. The van der Waals surface area contributed by atoms with Gasteiger partial charge in [-0.2, -0.15) is 0 Å². The maximum Gasteiger partial charge on any atom is 0.250 e. The average molecular weight is 494 g/mol. The Kier molecular flexibility index (Phi) is 6.45. The number of hydrogen-bond acceptors (Lipinski definition) is 8. The zero-order chi connectivity index (χ0) is 25.8. The molecule has 1 aromatic rings. The van der Waals surface area contributed by atoms with E-state index >= 15 is 0 Å². The molecule has 0 heterocycles. The van der Waals surface area contributed by atoms with Crippen molar-refractivity contribution in [2.24, 2.45) is 23.5 Å². The van der Waals surface area contributed by atoms with Crippen molar-refractivity contribution in [3.8, 4) is 5.75 Å². The van der Waals surface area contributed by atoms with Gasteiger partial charge in [-0.1, -0.05) is 13.0 Å². The largest absolute Gasteiger partial charge is 0.508 e. The maximum absolute atomic E-state index is 13.6. The molecule has 9 nitrogen and oxygen atoms in total. The lowest BCUT2D eigenvalue weighted by Crippen LogP contribution is -2.63. The second-order valence-corrected chi connectivity index (χ2v) is 9.51. The molecule has 1 fully saturated rings. The Morgan fingerprint density at radius 3 is 2.54 bits per heavy atom. The Balaban J connectivity index is 1.82. The van der Waals surface area contributed by atoms with Crippen LogP contribution in [0.2, 0.25) is 0 Å². The minimum Gasteiger partial charge on any atom is -0.508 e. The van der Waals surface area contributed by atoms with Crippen molar-refractivity contribution in [1.82, 2.24) is 5.32 Å². The number of carbonyl (C=O) groups excluding carboxylic acids is 3. The third-order valence-electron chi connectivity index (χ3n) is 7.56. The molecule has 2 unspecified atom stereocenters. The summed E-state index contributed by atoms with van der Waals surface area (Å²) >= 11 is 0. The van der Waals surface area contributed by atoms with Gasteiger partial charge in [0, 0.05) is 23.6 Å². The smallest absolute Gasteiger partial charge is 0.250 e. The molecule has 190 valence electrons. The van der Waals surface area contributed by atoms with Crippen LogP contribution in [-0.2, 0) is 29.0 Å². The van der Waals surface area contributed by atoms with Gasteiger partial charge in [0.1, 0.15) is 17.4 Å². The maximum atomic E-state index is 13.6. The first-order valence-corrected chi connectivity index (χ1v) is 11.5. The number of Topliss-reactive ketones (excluding diaryl/α,β-unsaturated/α-hetero) is 2. The predicted molar refractivity (Wildman–Crippen MR) is 118 cm³/mol. The zero-order valence-corrected chi connectivity index (χ0v) is 19.1.